The summed E-state index contributed by atoms with van der Waals surface area (Å²) in [6, 6.07) is 5.41. The van der Waals surface area contributed by atoms with Crippen LogP contribution in [0.1, 0.15) is 5.56 Å². The van der Waals surface area contributed by atoms with Gasteiger partial charge >= 0.3 is 7.12 Å². The van der Waals surface area contributed by atoms with E-state index in [2.05, 4.69) is 4.98 Å². The molecule has 0 saturated heterocycles. The average Bonchev–Trinajstić information content (AvgIpc) is 2.70. The maximum Gasteiger partial charge on any atom is 0.491 e. The molecular weight excluding hydrogens is 272 g/mol. The third-order valence-corrected chi connectivity index (χ3v) is 3.57. The predicted molar refractivity (Wildman–Crippen MR) is 72.1 cm³/mol. The highest BCUT2D eigenvalue weighted by atomic mass is 35.5. The Balaban J connectivity index is 2.19. The molecule has 1 aliphatic rings. The van der Waals surface area contributed by atoms with Gasteiger partial charge in [0.15, 0.2) is 0 Å². The first-order valence-electron chi connectivity index (χ1n) is 5.38. The molecule has 3 nitrogen and oxygen atoms in total. The van der Waals surface area contributed by atoms with Crippen molar-refractivity contribution in [2.45, 2.75) is 6.61 Å². The first-order valence-corrected chi connectivity index (χ1v) is 6.14. The van der Waals surface area contributed by atoms with E-state index in [1.54, 1.807) is 24.5 Å². The van der Waals surface area contributed by atoms with Crippen LogP contribution in [0, 0.1) is 0 Å². The molecular formula is C12H8BCl2NO2. The minimum absolute atomic E-state index is 0.376. The summed E-state index contributed by atoms with van der Waals surface area (Å²) in [5.74, 6) is 0. The number of rotatable bonds is 1. The summed E-state index contributed by atoms with van der Waals surface area (Å²) in [6.45, 7) is 0.376. The number of aromatic nitrogens is 1. The fourth-order valence-electron chi connectivity index (χ4n) is 2.04. The molecule has 0 atom stereocenters. The van der Waals surface area contributed by atoms with Crippen molar-refractivity contribution in [1.29, 1.82) is 0 Å². The van der Waals surface area contributed by atoms with Crippen molar-refractivity contribution < 1.29 is 9.68 Å². The van der Waals surface area contributed by atoms with Gasteiger partial charge in [-0.15, -0.1) is 0 Å². The molecule has 1 aromatic carbocycles. The number of halogens is 2. The van der Waals surface area contributed by atoms with Crippen molar-refractivity contribution in [3.63, 3.8) is 0 Å². The first-order chi connectivity index (χ1) is 8.66. The van der Waals surface area contributed by atoms with Crippen LogP contribution >= 0.6 is 23.2 Å². The number of hydrogen-bond donors (Lipinski definition) is 1. The molecule has 2 heterocycles. The average molecular weight is 280 g/mol. The van der Waals surface area contributed by atoms with Crippen molar-refractivity contribution in [2.75, 3.05) is 0 Å². The van der Waals surface area contributed by atoms with E-state index in [0.717, 1.165) is 22.2 Å². The van der Waals surface area contributed by atoms with Gasteiger partial charge in [0.2, 0.25) is 0 Å². The fraction of sp³-hybridized carbons (Fsp3) is 0.0833. The van der Waals surface area contributed by atoms with Crippen LogP contribution < -0.4 is 5.46 Å². The van der Waals surface area contributed by atoms with Gasteiger partial charge in [-0.2, -0.15) is 0 Å². The molecule has 0 fully saturated rings. The van der Waals surface area contributed by atoms with E-state index in [1.165, 1.54) is 0 Å². The minimum atomic E-state index is -0.892. The number of hydrogen-bond acceptors (Lipinski definition) is 3. The molecule has 0 radical (unpaired) electrons. The Morgan fingerprint density at radius 3 is 2.83 bits per heavy atom. The van der Waals surface area contributed by atoms with Crippen LogP contribution in [-0.4, -0.2) is 17.1 Å². The second kappa shape index (κ2) is 4.55. The number of fused-ring (bicyclic) bond motifs is 1. The van der Waals surface area contributed by atoms with Crippen LogP contribution in [0.4, 0.5) is 0 Å². The fourth-order valence-corrected chi connectivity index (χ4v) is 2.55. The largest absolute Gasteiger partial charge is 0.491 e. The van der Waals surface area contributed by atoms with Crippen LogP contribution in [0.5, 0.6) is 0 Å². The highest BCUT2D eigenvalue weighted by Gasteiger charge is 2.28. The Morgan fingerprint density at radius 1 is 1.22 bits per heavy atom. The van der Waals surface area contributed by atoms with Gasteiger partial charge < -0.3 is 9.68 Å². The standard InChI is InChI=1S/C12H8BCl2NO2/c14-11-3-7-6-18-13(17)10(7)4-9(11)8-1-2-16-5-12(8)15/h1-5,17H,6H2. The van der Waals surface area contributed by atoms with Gasteiger partial charge in [0.05, 0.1) is 11.6 Å². The van der Waals surface area contributed by atoms with Gasteiger partial charge in [-0.1, -0.05) is 29.3 Å². The summed E-state index contributed by atoms with van der Waals surface area (Å²) in [5, 5.41) is 10.8. The Labute approximate surface area is 114 Å². The number of nitrogens with zero attached hydrogens (tertiary/aromatic N) is 1. The molecule has 0 aliphatic carbocycles. The van der Waals surface area contributed by atoms with Crippen molar-refractivity contribution >= 4 is 35.8 Å². The lowest BCUT2D eigenvalue weighted by Gasteiger charge is -2.09. The lowest BCUT2D eigenvalue weighted by Crippen LogP contribution is -2.28. The van der Waals surface area contributed by atoms with Gasteiger partial charge in [-0.05, 0) is 23.2 Å². The van der Waals surface area contributed by atoms with Crippen LogP contribution in [0.3, 0.4) is 0 Å². The molecule has 0 spiro atoms. The maximum absolute atomic E-state index is 9.70. The molecule has 90 valence electrons. The first kappa shape index (κ1) is 12.0. The van der Waals surface area contributed by atoms with Crippen molar-refractivity contribution in [3.05, 3.63) is 46.2 Å². The molecule has 3 rings (SSSR count). The van der Waals surface area contributed by atoms with E-state index < -0.39 is 7.12 Å². The second-order valence-corrected chi connectivity index (χ2v) is 4.86. The Bertz CT molecular complexity index is 621. The third-order valence-electron chi connectivity index (χ3n) is 2.95. The quantitative estimate of drug-likeness (QED) is 0.815. The Kier molecular flexibility index (Phi) is 3.03. The predicted octanol–water partition coefficient (Wildman–Crippen LogP) is 2.27. The zero-order valence-corrected chi connectivity index (χ0v) is 10.7. The lowest BCUT2D eigenvalue weighted by atomic mass is 9.78. The monoisotopic (exact) mass is 279 g/mol. The van der Waals surface area contributed by atoms with E-state index in [-0.39, 0.29) is 0 Å². The molecule has 0 unspecified atom stereocenters. The summed E-state index contributed by atoms with van der Waals surface area (Å²) >= 11 is 12.3. The molecule has 1 N–H and O–H groups in total. The molecule has 1 aliphatic heterocycles. The number of pyridine rings is 1. The minimum Gasteiger partial charge on any atom is -0.423 e. The van der Waals surface area contributed by atoms with E-state index in [4.69, 9.17) is 27.9 Å². The smallest absolute Gasteiger partial charge is 0.423 e. The highest BCUT2D eigenvalue weighted by Crippen LogP contribution is 2.33. The Morgan fingerprint density at radius 2 is 2.06 bits per heavy atom. The maximum atomic E-state index is 9.70. The second-order valence-electron chi connectivity index (χ2n) is 4.05. The molecule has 18 heavy (non-hydrogen) atoms. The molecule has 0 bridgehead atoms. The van der Waals surface area contributed by atoms with E-state index in [0.29, 0.717) is 16.7 Å². The molecule has 0 amide bonds. The summed E-state index contributed by atoms with van der Waals surface area (Å²) < 4.78 is 5.15. The summed E-state index contributed by atoms with van der Waals surface area (Å²) in [6.07, 6.45) is 3.21. The van der Waals surface area contributed by atoms with Crippen LogP contribution in [0.15, 0.2) is 30.6 Å². The van der Waals surface area contributed by atoms with E-state index in [9.17, 15) is 5.02 Å². The topological polar surface area (TPSA) is 42.4 Å². The van der Waals surface area contributed by atoms with Crippen molar-refractivity contribution in [2.24, 2.45) is 0 Å². The van der Waals surface area contributed by atoms with Gasteiger partial charge in [0.25, 0.3) is 0 Å². The summed E-state index contributed by atoms with van der Waals surface area (Å²) in [7, 11) is -0.892. The molecule has 6 heteroatoms. The van der Waals surface area contributed by atoms with Gasteiger partial charge in [-0.3, -0.25) is 4.98 Å². The number of benzene rings is 1. The van der Waals surface area contributed by atoms with Gasteiger partial charge in [-0.25, -0.2) is 0 Å². The zero-order chi connectivity index (χ0) is 12.7. The SMILES string of the molecule is OB1OCc2cc(Cl)c(-c3ccncc3Cl)cc21. The van der Waals surface area contributed by atoms with Gasteiger partial charge in [0.1, 0.15) is 0 Å². The van der Waals surface area contributed by atoms with Crippen LogP contribution in [-0.2, 0) is 11.3 Å². The van der Waals surface area contributed by atoms with E-state index >= 15 is 0 Å². The molecule has 1 aromatic heterocycles. The zero-order valence-electron chi connectivity index (χ0n) is 9.23. The third kappa shape index (κ3) is 1.91. The van der Waals surface area contributed by atoms with Crippen molar-refractivity contribution in [3.8, 4) is 11.1 Å². The van der Waals surface area contributed by atoms with Crippen LogP contribution in [0.2, 0.25) is 10.0 Å². The Hall–Kier alpha value is -1.07. The normalized spacial score (nSPS) is 13.8. The molecule has 0 saturated carbocycles. The van der Waals surface area contributed by atoms with Crippen LogP contribution in [0.25, 0.3) is 11.1 Å². The summed E-state index contributed by atoms with van der Waals surface area (Å²) in [5.41, 5.74) is 3.20. The van der Waals surface area contributed by atoms with Gasteiger partial charge in [0, 0.05) is 28.5 Å². The molecule has 2 aromatic rings. The highest BCUT2D eigenvalue weighted by molar-refractivity contribution is 6.62. The lowest BCUT2D eigenvalue weighted by molar-refractivity contribution is 0.275. The van der Waals surface area contributed by atoms with E-state index in [1.807, 2.05) is 6.07 Å². The summed E-state index contributed by atoms with van der Waals surface area (Å²) in [4.78, 5) is 3.94. The van der Waals surface area contributed by atoms with Crippen molar-refractivity contribution in [1.82, 2.24) is 4.98 Å².